The summed E-state index contributed by atoms with van der Waals surface area (Å²) in [4.78, 5) is 13.2. The molecular formula is C11H19NO5S. The van der Waals surface area contributed by atoms with Crippen LogP contribution in [0.5, 0.6) is 0 Å². The van der Waals surface area contributed by atoms with Gasteiger partial charge in [0, 0.05) is 27.5 Å². The maximum atomic E-state index is 11.8. The summed E-state index contributed by atoms with van der Waals surface area (Å²) >= 11 is 0. The molecule has 1 N–H and O–H groups in total. The first kappa shape index (κ1) is 16.7. The number of sulfone groups is 1. The van der Waals surface area contributed by atoms with Crippen molar-refractivity contribution in [1.29, 1.82) is 0 Å². The second-order valence-corrected chi connectivity index (χ2v) is 5.84. The predicted octanol–water partition coefficient (Wildman–Crippen LogP) is 0.610. The maximum Gasteiger partial charge on any atom is 0.258 e. The summed E-state index contributed by atoms with van der Waals surface area (Å²) in [7, 11) is 0.668. The molecule has 0 aliphatic carbocycles. The van der Waals surface area contributed by atoms with Crippen LogP contribution in [0, 0.1) is 13.8 Å². The highest BCUT2D eigenvalue weighted by molar-refractivity contribution is 7.90. The molecule has 0 spiro atoms. The third kappa shape index (κ3) is 3.33. The number of carbonyl (C=O) groups is 1. The Kier molecular flexibility index (Phi) is 5.56. The fourth-order valence-electron chi connectivity index (χ4n) is 1.58. The van der Waals surface area contributed by atoms with Gasteiger partial charge in [-0.1, -0.05) is 0 Å². The topological polar surface area (TPSA) is 87.8 Å². The lowest BCUT2D eigenvalue weighted by molar-refractivity contribution is 0.0822. The first-order valence-corrected chi connectivity index (χ1v) is 7.01. The Balaban J connectivity index is 0.00000137. The van der Waals surface area contributed by atoms with Crippen molar-refractivity contribution in [2.45, 2.75) is 18.7 Å². The number of furan rings is 1. The van der Waals surface area contributed by atoms with Crippen LogP contribution in [0.15, 0.2) is 9.31 Å². The molecule has 1 rings (SSSR count). The Morgan fingerprint density at radius 3 is 1.94 bits per heavy atom. The van der Waals surface area contributed by atoms with E-state index in [1.807, 2.05) is 0 Å². The Morgan fingerprint density at radius 1 is 1.17 bits per heavy atom. The van der Waals surface area contributed by atoms with Gasteiger partial charge in [0.15, 0.2) is 9.84 Å². The fourth-order valence-corrected chi connectivity index (χ4v) is 2.75. The number of aryl methyl sites for hydroxylation is 2. The SMILES string of the molecule is CO.Cc1oc(C)c(S(C)(=O)=O)c1C(=O)N(C)C. The Bertz CT molecular complexity index is 528. The van der Waals surface area contributed by atoms with Gasteiger partial charge in [0.1, 0.15) is 16.4 Å². The van der Waals surface area contributed by atoms with Crippen molar-refractivity contribution in [1.82, 2.24) is 4.90 Å². The van der Waals surface area contributed by atoms with Crippen LogP contribution < -0.4 is 0 Å². The zero-order valence-corrected chi connectivity index (χ0v) is 12.3. The molecule has 1 amide bonds. The quantitative estimate of drug-likeness (QED) is 0.855. The second kappa shape index (κ2) is 6.01. The number of aliphatic hydroxyl groups excluding tert-OH is 1. The number of nitrogens with zero attached hydrogens (tertiary/aromatic N) is 1. The molecule has 0 unspecified atom stereocenters. The van der Waals surface area contributed by atoms with Crippen LogP contribution in [0.4, 0.5) is 0 Å². The minimum atomic E-state index is -3.46. The van der Waals surface area contributed by atoms with E-state index in [-0.39, 0.29) is 22.1 Å². The van der Waals surface area contributed by atoms with E-state index in [1.165, 1.54) is 11.8 Å². The number of hydrogen-bond donors (Lipinski definition) is 1. The highest BCUT2D eigenvalue weighted by Gasteiger charge is 2.28. The van der Waals surface area contributed by atoms with Crippen LogP contribution in [-0.4, -0.2) is 51.8 Å². The zero-order chi connectivity index (χ0) is 14.7. The zero-order valence-electron chi connectivity index (χ0n) is 11.4. The van der Waals surface area contributed by atoms with E-state index >= 15 is 0 Å². The van der Waals surface area contributed by atoms with Crippen LogP contribution in [0.1, 0.15) is 21.9 Å². The molecule has 0 saturated heterocycles. The Morgan fingerprint density at radius 2 is 1.61 bits per heavy atom. The number of amides is 1. The van der Waals surface area contributed by atoms with Gasteiger partial charge < -0.3 is 14.4 Å². The molecule has 0 atom stereocenters. The molecule has 0 aliphatic heterocycles. The van der Waals surface area contributed by atoms with Crippen molar-refractivity contribution < 1.29 is 22.7 Å². The average molecular weight is 277 g/mol. The van der Waals surface area contributed by atoms with E-state index in [2.05, 4.69) is 0 Å². The molecule has 1 aromatic heterocycles. The number of rotatable bonds is 2. The lowest BCUT2D eigenvalue weighted by Crippen LogP contribution is -2.23. The molecule has 0 fully saturated rings. The minimum Gasteiger partial charge on any atom is -0.464 e. The van der Waals surface area contributed by atoms with E-state index in [4.69, 9.17) is 9.52 Å². The normalized spacial score (nSPS) is 10.6. The largest absolute Gasteiger partial charge is 0.464 e. The van der Waals surface area contributed by atoms with Gasteiger partial charge in [-0.2, -0.15) is 0 Å². The molecule has 18 heavy (non-hydrogen) atoms. The van der Waals surface area contributed by atoms with Crippen LogP contribution in [0.3, 0.4) is 0 Å². The minimum absolute atomic E-state index is 0.0105. The Labute approximate surface area is 107 Å². The molecule has 0 aliphatic rings. The van der Waals surface area contributed by atoms with Crippen LogP contribution in [0.25, 0.3) is 0 Å². The van der Waals surface area contributed by atoms with E-state index in [0.717, 1.165) is 13.4 Å². The summed E-state index contributed by atoms with van der Waals surface area (Å²) in [5, 5.41) is 7.00. The molecule has 1 aromatic rings. The number of carbonyl (C=O) groups excluding carboxylic acids is 1. The van der Waals surface area contributed by atoms with Gasteiger partial charge in [-0.25, -0.2) is 8.42 Å². The summed E-state index contributed by atoms with van der Waals surface area (Å²) in [6.45, 7) is 3.12. The highest BCUT2D eigenvalue weighted by Crippen LogP contribution is 2.27. The summed E-state index contributed by atoms with van der Waals surface area (Å²) in [6, 6.07) is 0. The van der Waals surface area contributed by atoms with Crippen molar-refractivity contribution in [3.63, 3.8) is 0 Å². The molecule has 104 valence electrons. The smallest absolute Gasteiger partial charge is 0.258 e. The summed E-state index contributed by atoms with van der Waals surface area (Å²) in [5.41, 5.74) is 0.130. The van der Waals surface area contributed by atoms with E-state index in [1.54, 1.807) is 21.0 Å². The van der Waals surface area contributed by atoms with Crippen LogP contribution in [0.2, 0.25) is 0 Å². The van der Waals surface area contributed by atoms with Gasteiger partial charge in [-0.05, 0) is 13.8 Å². The maximum absolute atomic E-state index is 11.8. The van der Waals surface area contributed by atoms with Crippen LogP contribution >= 0.6 is 0 Å². The standard InChI is InChI=1S/C10H15NO4S.CH4O/c1-6-8(10(12)11(3)4)9(7(2)15-6)16(5,13)14;1-2/h1-5H3;2H,1H3. The first-order chi connectivity index (χ1) is 8.16. The van der Waals surface area contributed by atoms with Crippen molar-refractivity contribution >= 4 is 15.7 Å². The van der Waals surface area contributed by atoms with Crippen molar-refractivity contribution in [2.24, 2.45) is 0 Å². The summed E-state index contributed by atoms with van der Waals surface area (Å²) < 4.78 is 28.4. The van der Waals surface area contributed by atoms with Gasteiger partial charge >= 0.3 is 0 Å². The Hall–Kier alpha value is -1.34. The predicted molar refractivity (Wildman–Crippen MR) is 67.5 cm³/mol. The molecule has 0 aromatic carbocycles. The highest BCUT2D eigenvalue weighted by atomic mass is 32.2. The monoisotopic (exact) mass is 277 g/mol. The average Bonchev–Trinajstić information content (AvgIpc) is 2.54. The second-order valence-electron chi connectivity index (χ2n) is 3.89. The van der Waals surface area contributed by atoms with Crippen molar-refractivity contribution in [3.8, 4) is 0 Å². The van der Waals surface area contributed by atoms with Gasteiger partial charge in [0.05, 0.1) is 5.56 Å². The third-order valence-corrected chi connectivity index (χ3v) is 3.43. The third-order valence-electron chi connectivity index (χ3n) is 2.20. The van der Waals surface area contributed by atoms with Gasteiger partial charge in [0.2, 0.25) is 0 Å². The van der Waals surface area contributed by atoms with Gasteiger partial charge in [-0.15, -0.1) is 0 Å². The molecule has 0 radical (unpaired) electrons. The van der Waals surface area contributed by atoms with E-state index in [9.17, 15) is 13.2 Å². The molecular weight excluding hydrogens is 258 g/mol. The van der Waals surface area contributed by atoms with Crippen LogP contribution in [-0.2, 0) is 9.84 Å². The first-order valence-electron chi connectivity index (χ1n) is 5.12. The number of aliphatic hydroxyl groups is 1. The molecule has 0 bridgehead atoms. The van der Waals surface area contributed by atoms with Crippen molar-refractivity contribution in [3.05, 3.63) is 17.1 Å². The fraction of sp³-hybridized carbons (Fsp3) is 0.545. The molecule has 7 heteroatoms. The summed E-state index contributed by atoms with van der Waals surface area (Å²) in [6.07, 6.45) is 1.07. The van der Waals surface area contributed by atoms with Gasteiger partial charge in [0.25, 0.3) is 5.91 Å². The van der Waals surface area contributed by atoms with E-state index < -0.39 is 9.84 Å². The molecule has 0 saturated carbocycles. The lowest BCUT2D eigenvalue weighted by atomic mass is 10.2. The van der Waals surface area contributed by atoms with Gasteiger partial charge in [-0.3, -0.25) is 4.79 Å². The number of hydrogen-bond acceptors (Lipinski definition) is 5. The van der Waals surface area contributed by atoms with Crippen molar-refractivity contribution in [2.75, 3.05) is 27.5 Å². The molecule has 6 nitrogen and oxygen atoms in total. The molecule has 1 heterocycles. The summed E-state index contributed by atoms with van der Waals surface area (Å²) in [5.74, 6) is 0.219. The lowest BCUT2D eigenvalue weighted by Gasteiger charge is -2.10. The van der Waals surface area contributed by atoms with E-state index in [0.29, 0.717) is 5.76 Å².